The average molecular weight is 355 g/mol. The van der Waals surface area contributed by atoms with Gasteiger partial charge in [0.05, 0.1) is 18.3 Å². The minimum atomic E-state index is -0.267. The highest BCUT2D eigenvalue weighted by Crippen LogP contribution is 2.20. The molecule has 138 valence electrons. The summed E-state index contributed by atoms with van der Waals surface area (Å²) < 4.78 is 7.02. The number of anilines is 1. The van der Waals surface area contributed by atoms with Gasteiger partial charge in [0.15, 0.2) is 5.65 Å². The molecule has 26 heavy (non-hydrogen) atoms. The monoisotopic (exact) mass is 355 g/mol. The van der Waals surface area contributed by atoms with Crippen molar-refractivity contribution in [3.05, 3.63) is 52.4 Å². The number of aromatic nitrogens is 4. The lowest BCUT2D eigenvalue weighted by Crippen LogP contribution is -2.31. The van der Waals surface area contributed by atoms with Gasteiger partial charge in [-0.15, -0.1) is 0 Å². The molecule has 7 heteroatoms. The maximum absolute atomic E-state index is 12.6. The quantitative estimate of drug-likeness (QED) is 0.735. The van der Waals surface area contributed by atoms with Crippen LogP contribution < -0.4 is 10.5 Å². The zero-order valence-corrected chi connectivity index (χ0v) is 15.7. The second-order valence-electron chi connectivity index (χ2n) is 7.25. The van der Waals surface area contributed by atoms with Crippen LogP contribution in [0.2, 0.25) is 0 Å². The van der Waals surface area contributed by atoms with Crippen molar-refractivity contribution in [2.75, 3.05) is 25.2 Å². The van der Waals surface area contributed by atoms with Crippen LogP contribution in [0.3, 0.4) is 0 Å². The van der Waals surface area contributed by atoms with E-state index in [-0.39, 0.29) is 11.1 Å². The van der Waals surface area contributed by atoms with Crippen LogP contribution in [0.25, 0.3) is 11.0 Å². The average Bonchev–Trinajstić information content (AvgIpc) is 3.04. The zero-order chi connectivity index (χ0) is 18.7. The van der Waals surface area contributed by atoms with Gasteiger partial charge in [-0.05, 0) is 26.3 Å². The molecule has 0 fully saturated rings. The van der Waals surface area contributed by atoms with Crippen LogP contribution in [0, 0.1) is 0 Å². The lowest BCUT2D eigenvalue weighted by Gasteiger charge is -2.24. The molecule has 0 atom stereocenters. The van der Waals surface area contributed by atoms with Gasteiger partial charge in [0.2, 0.25) is 5.95 Å². The number of nitrogens with zero attached hydrogens (tertiary/aromatic N) is 4. The van der Waals surface area contributed by atoms with E-state index in [1.807, 2.05) is 43.9 Å². The summed E-state index contributed by atoms with van der Waals surface area (Å²) in [5.41, 5.74) is 1.27. The molecule has 3 aromatic rings. The van der Waals surface area contributed by atoms with Crippen LogP contribution in [-0.2, 0) is 16.8 Å². The van der Waals surface area contributed by atoms with Crippen LogP contribution in [0.1, 0.15) is 26.3 Å². The van der Waals surface area contributed by atoms with Crippen LogP contribution in [-0.4, -0.2) is 40.0 Å². The summed E-state index contributed by atoms with van der Waals surface area (Å²) >= 11 is 0. The molecule has 0 saturated carbocycles. The number of ether oxygens (including phenoxy) is 1. The zero-order valence-electron chi connectivity index (χ0n) is 15.7. The van der Waals surface area contributed by atoms with Gasteiger partial charge in [-0.1, -0.05) is 30.3 Å². The Bertz CT molecular complexity index is 924. The molecule has 0 saturated heterocycles. The number of benzene rings is 1. The van der Waals surface area contributed by atoms with Crippen molar-refractivity contribution >= 4 is 17.0 Å². The van der Waals surface area contributed by atoms with Crippen LogP contribution in [0.5, 0.6) is 0 Å². The van der Waals surface area contributed by atoms with Gasteiger partial charge in [0.1, 0.15) is 5.39 Å². The maximum Gasteiger partial charge on any atom is 0.263 e. The van der Waals surface area contributed by atoms with E-state index >= 15 is 0 Å². The molecule has 2 heterocycles. The SMILES string of the molecule is COCCN(Cc1ccccc1)c1nc2c(cnn2C(C)(C)C)c(=O)[nH]1. The maximum atomic E-state index is 12.6. The first-order chi connectivity index (χ1) is 12.4. The summed E-state index contributed by atoms with van der Waals surface area (Å²) in [6.07, 6.45) is 1.58. The molecule has 1 N–H and O–H groups in total. The van der Waals surface area contributed by atoms with E-state index in [2.05, 4.69) is 22.2 Å². The Morgan fingerprint density at radius 1 is 1.23 bits per heavy atom. The number of rotatable bonds is 6. The summed E-state index contributed by atoms with van der Waals surface area (Å²) in [6, 6.07) is 10.1. The summed E-state index contributed by atoms with van der Waals surface area (Å²) in [6.45, 7) is 7.89. The lowest BCUT2D eigenvalue weighted by molar-refractivity contribution is 0.204. The van der Waals surface area contributed by atoms with Gasteiger partial charge in [-0.25, -0.2) is 4.68 Å². The third-order valence-electron chi connectivity index (χ3n) is 4.14. The van der Waals surface area contributed by atoms with Crippen molar-refractivity contribution in [3.63, 3.8) is 0 Å². The van der Waals surface area contributed by atoms with Gasteiger partial charge in [0.25, 0.3) is 5.56 Å². The van der Waals surface area contributed by atoms with E-state index in [0.29, 0.717) is 36.7 Å². The minimum absolute atomic E-state index is 0.184. The van der Waals surface area contributed by atoms with Crippen LogP contribution >= 0.6 is 0 Å². The Balaban J connectivity index is 2.05. The normalized spacial score (nSPS) is 11.8. The first-order valence-electron chi connectivity index (χ1n) is 8.66. The summed E-state index contributed by atoms with van der Waals surface area (Å²) in [5, 5.41) is 4.86. The van der Waals surface area contributed by atoms with Crippen LogP contribution in [0.4, 0.5) is 5.95 Å². The van der Waals surface area contributed by atoms with Gasteiger partial charge in [0, 0.05) is 20.2 Å². The molecule has 0 spiro atoms. The summed E-state index contributed by atoms with van der Waals surface area (Å²) in [7, 11) is 1.66. The molecule has 2 aromatic heterocycles. The third-order valence-corrected chi connectivity index (χ3v) is 4.14. The number of hydrogen-bond donors (Lipinski definition) is 1. The molecule has 0 amide bonds. The molecule has 0 radical (unpaired) electrons. The number of H-pyrrole nitrogens is 1. The van der Waals surface area contributed by atoms with Crippen molar-refractivity contribution in [3.8, 4) is 0 Å². The van der Waals surface area contributed by atoms with Gasteiger partial charge in [-0.2, -0.15) is 10.1 Å². The Kier molecular flexibility index (Phi) is 5.08. The number of methoxy groups -OCH3 is 1. The highest BCUT2D eigenvalue weighted by Gasteiger charge is 2.21. The van der Waals surface area contributed by atoms with E-state index in [9.17, 15) is 4.79 Å². The van der Waals surface area contributed by atoms with Gasteiger partial charge >= 0.3 is 0 Å². The standard InChI is InChI=1S/C19H25N5O2/c1-19(2,3)24-16-15(12-20-24)17(25)22-18(21-16)23(10-11-26-4)13-14-8-6-5-7-9-14/h5-9,12H,10-11,13H2,1-4H3,(H,21,22,25). The Labute approximate surface area is 152 Å². The fraction of sp³-hybridized carbons (Fsp3) is 0.421. The van der Waals surface area contributed by atoms with Gasteiger partial charge < -0.3 is 9.64 Å². The van der Waals surface area contributed by atoms with E-state index in [4.69, 9.17) is 9.72 Å². The van der Waals surface area contributed by atoms with Crippen LogP contribution in [0.15, 0.2) is 41.3 Å². The second kappa shape index (κ2) is 7.29. The first kappa shape index (κ1) is 18.1. The predicted molar refractivity (Wildman–Crippen MR) is 103 cm³/mol. The highest BCUT2D eigenvalue weighted by molar-refractivity contribution is 5.74. The number of aromatic amines is 1. The molecule has 1 aromatic carbocycles. The molecular formula is C19H25N5O2. The fourth-order valence-corrected chi connectivity index (χ4v) is 2.81. The van der Waals surface area contributed by atoms with E-state index in [0.717, 1.165) is 5.56 Å². The second-order valence-corrected chi connectivity index (χ2v) is 7.25. The van der Waals surface area contributed by atoms with Crippen molar-refractivity contribution in [1.29, 1.82) is 0 Å². The molecular weight excluding hydrogens is 330 g/mol. The Morgan fingerprint density at radius 3 is 2.62 bits per heavy atom. The highest BCUT2D eigenvalue weighted by atomic mass is 16.5. The van der Waals surface area contributed by atoms with Crippen molar-refractivity contribution in [2.24, 2.45) is 0 Å². The van der Waals surface area contributed by atoms with Crippen molar-refractivity contribution in [2.45, 2.75) is 32.9 Å². The molecule has 0 aliphatic carbocycles. The summed E-state index contributed by atoms with van der Waals surface area (Å²) in [4.78, 5) is 22.2. The number of nitrogens with one attached hydrogen (secondary N) is 1. The lowest BCUT2D eigenvalue weighted by atomic mass is 10.1. The summed E-state index contributed by atoms with van der Waals surface area (Å²) in [5.74, 6) is 0.523. The molecule has 0 bridgehead atoms. The molecule has 0 aliphatic rings. The Hall–Kier alpha value is -2.67. The van der Waals surface area contributed by atoms with E-state index in [1.165, 1.54) is 0 Å². The predicted octanol–water partition coefficient (Wildman–Crippen LogP) is 2.53. The number of hydrogen-bond acceptors (Lipinski definition) is 5. The van der Waals surface area contributed by atoms with Crippen molar-refractivity contribution < 1.29 is 4.74 Å². The molecule has 0 aliphatic heterocycles. The van der Waals surface area contributed by atoms with E-state index < -0.39 is 0 Å². The van der Waals surface area contributed by atoms with E-state index in [1.54, 1.807) is 18.0 Å². The number of fused-ring (bicyclic) bond motifs is 1. The Morgan fingerprint density at radius 2 is 1.96 bits per heavy atom. The first-order valence-corrected chi connectivity index (χ1v) is 8.66. The molecule has 3 rings (SSSR count). The van der Waals surface area contributed by atoms with Crippen molar-refractivity contribution in [1.82, 2.24) is 19.7 Å². The minimum Gasteiger partial charge on any atom is -0.383 e. The smallest absolute Gasteiger partial charge is 0.263 e. The fourth-order valence-electron chi connectivity index (χ4n) is 2.81. The molecule has 7 nitrogen and oxygen atoms in total. The largest absolute Gasteiger partial charge is 0.383 e. The molecule has 0 unspecified atom stereocenters. The van der Waals surface area contributed by atoms with Gasteiger partial charge in [-0.3, -0.25) is 9.78 Å². The topological polar surface area (TPSA) is 76.0 Å². The third kappa shape index (κ3) is 3.77.